The van der Waals surface area contributed by atoms with E-state index in [1.165, 1.54) is 4.90 Å². The minimum absolute atomic E-state index is 0.0458. The molecule has 0 bridgehead atoms. The molecule has 2 heterocycles. The average molecular weight is 460 g/mol. The van der Waals surface area contributed by atoms with Gasteiger partial charge in [-0.15, -0.1) is 0 Å². The highest BCUT2D eigenvalue weighted by Gasteiger charge is 2.33. The second-order valence-electron chi connectivity index (χ2n) is 7.24. The van der Waals surface area contributed by atoms with E-state index in [1.54, 1.807) is 39.0 Å². The monoisotopic (exact) mass is 459 g/mol. The highest BCUT2D eigenvalue weighted by molar-refractivity contribution is 7.17. The van der Waals surface area contributed by atoms with Crippen LogP contribution < -0.4 is 15.0 Å². The van der Waals surface area contributed by atoms with Crippen LogP contribution in [0.5, 0.6) is 5.75 Å². The summed E-state index contributed by atoms with van der Waals surface area (Å²) in [5.74, 6) is -1.01. The van der Waals surface area contributed by atoms with E-state index in [4.69, 9.17) is 9.47 Å². The molecule has 2 amide bonds. The van der Waals surface area contributed by atoms with E-state index in [0.717, 1.165) is 11.3 Å². The third kappa shape index (κ3) is 4.96. The van der Waals surface area contributed by atoms with Crippen molar-refractivity contribution < 1.29 is 28.7 Å². The second-order valence-corrected chi connectivity index (χ2v) is 8.24. The van der Waals surface area contributed by atoms with E-state index < -0.39 is 23.9 Å². The first kappa shape index (κ1) is 23.4. The van der Waals surface area contributed by atoms with E-state index in [2.05, 4.69) is 10.3 Å². The molecule has 1 atom stereocenters. The second kappa shape index (κ2) is 9.90. The minimum atomic E-state index is -0.773. The molecular formula is C22H25N3O6S. The Labute approximate surface area is 189 Å². The lowest BCUT2D eigenvalue weighted by Gasteiger charge is -2.32. The molecule has 0 saturated carbocycles. The summed E-state index contributed by atoms with van der Waals surface area (Å²) >= 11 is 1.01. The molecule has 1 unspecified atom stereocenters. The van der Waals surface area contributed by atoms with Crippen molar-refractivity contribution >= 4 is 45.7 Å². The van der Waals surface area contributed by atoms with Crippen LogP contribution in [0.1, 0.15) is 59.3 Å². The van der Waals surface area contributed by atoms with Crippen molar-refractivity contribution in [1.82, 2.24) is 4.98 Å². The maximum atomic E-state index is 12.8. The number of fused-ring (bicyclic) bond motifs is 1. The van der Waals surface area contributed by atoms with Crippen molar-refractivity contribution in [3.63, 3.8) is 0 Å². The van der Waals surface area contributed by atoms with Crippen molar-refractivity contribution in [2.24, 2.45) is 0 Å². The van der Waals surface area contributed by atoms with Crippen LogP contribution in [0.2, 0.25) is 0 Å². The highest BCUT2D eigenvalue weighted by Crippen LogP contribution is 2.35. The topological polar surface area (TPSA) is 115 Å². The number of hydrogen-bond acceptors (Lipinski definition) is 8. The van der Waals surface area contributed by atoms with Gasteiger partial charge in [0.15, 0.2) is 17.0 Å². The van der Waals surface area contributed by atoms with Crippen molar-refractivity contribution in [3.8, 4) is 5.75 Å². The van der Waals surface area contributed by atoms with Crippen LogP contribution in [0, 0.1) is 6.92 Å². The van der Waals surface area contributed by atoms with Crippen molar-refractivity contribution in [3.05, 3.63) is 34.3 Å². The van der Waals surface area contributed by atoms with Gasteiger partial charge in [-0.25, -0.2) is 9.78 Å². The fourth-order valence-corrected chi connectivity index (χ4v) is 4.13. The number of esters is 1. The number of nitrogens with zero attached hydrogens (tertiary/aromatic N) is 2. The third-order valence-corrected chi connectivity index (χ3v) is 5.82. The van der Waals surface area contributed by atoms with Crippen molar-refractivity contribution in [2.45, 2.75) is 46.6 Å². The molecule has 3 rings (SSSR count). The van der Waals surface area contributed by atoms with Gasteiger partial charge >= 0.3 is 5.97 Å². The van der Waals surface area contributed by atoms with E-state index in [-0.39, 0.29) is 24.1 Å². The third-order valence-electron chi connectivity index (χ3n) is 4.77. The first-order chi connectivity index (χ1) is 15.2. The number of Topliss-reactive ketones (excluding diaryl/α,β-unsaturated/α-hetero) is 1. The number of anilines is 2. The van der Waals surface area contributed by atoms with Gasteiger partial charge in [0.1, 0.15) is 17.2 Å². The smallest absolute Gasteiger partial charge is 0.350 e. The summed E-state index contributed by atoms with van der Waals surface area (Å²) in [5.41, 5.74) is 1.27. The highest BCUT2D eigenvalue weighted by atomic mass is 32.1. The zero-order chi connectivity index (χ0) is 23.4. The standard InChI is InChI=1S/C22H25N3O6S/c1-5-7-16(26)14-8-9-17-15(10-14)25(20(28)13(4)31-17)11-18(27)24-22-23-12(3)19(32-22)21(29)30-6-2/h8-10,13H,5-7,11H2,1-4H3,(H,23,24,27). The maximum absolute atomic E-state index is 12.8. The minimum Gasteiger partial charge on any atom is -0.479 e. The molecule has 2 aromatic rings. The number of amides is 2. The number of carbonyl (C=O) groups excluding carboxylic acids is 4. The molecule has 0 spiro atoms. The summed E-state index contributed by atoms with van der Waals surface area (Å²) < 4.78 is 10.6. The van der Waals surface area contributed by atoms with Crippen LogP contribution in [0.4, 0.5) is 10.8 Å². The molecule has 0 fully saturated rings. The molecule has 170 valence electrons. The lowest BCUT2D eigenvalue weighted by atomic mass is 10.0. The average Bonchev–Trinajstić information content (AvgIpc) is 3.11. The van der Waals surface area contributed by atoms with Gasteiger partial charge in [-0.3, -0.25) is 19.3 Å². The number of aryl methyl sites for hydroxylation is 1. The molecular weight excluding hydrogens is 434 g/mol. The van der Waals surface area contributed by atoms with Crippen molar-refractivity contribution in [2.75, 3.05) is 23.4 Å². The zero-order valence-electron chi connectivity index (χ0n) is 18.4. The van der Waals surface area contributed by atoms with Crippen molar-refractivity contribution in [1.29, 1.82) is 0 Å². The Morgan fingerprint density at radius 2 is 2.03 bits per heavy atom. The summed E-state index contributed by atoms with van der Waals surface area (Å²) in [6.45, 7) is 6.81. The number of nitrogens with one attached hydrogen (secondary N) is 1. The lowest BCUT2D eigenvalue weighted by molar-refractivity contribution is -0.127. The quantitative estimate of drug-likeness (QED) is 0.475. The van der Waals surface area contributed by atoms with E-state index >= 15 is 0 Å². The number of ether oxygens (including phenoxy) is 2. The van der Waals surface area contributed by atoms with Crippen LogP contribution in [0.3, 0.4) is 0 Å². The molecule has 0 saturated heterocycles. The van der Waals surface area contributed by atoms with Gasteiger partial charge < -0.3 is 14.8 Å². The molecule has 1 aromatic heterocycles. The van der Waals surface area contributed by atoms with Gasteiger partial charge in [0.25, 0.3) is 5.91 Å². The molecule has 32 heavy (non-hydrogen) atoms. The molecule has 9 nitrogen and oxygen atoms in total. The van der Waals surface area contributed by atoms with Crippen LogP contribution in [0.25, 0.3) is 0 Å². The first-order valence-corrected chi connectivity index (χ1v) is 11.2. The first-order valence-electron chi connectivity index (χ1n) is 10.3. The summed E-state index contributed by atoms with van der Waals surface area (Å²) in [5, 5.41) is 2.86. The molecule has 0 radical (unpaired) electrons. The van der Waals surface area contributed by atoms with Gasteiger partial charge in [0.05, 0.1) is 18.0 Å². The fraction of sp³-hybridized carbons (Fsp3) is 0.409. The Bertz CT molecular complexity index is 1060. The van der Waals surface area contributed by atoms with Gasteiger partial charge in [-0.05, 0) is 45.4 Å². The number of carbonyl (C=O) groups is 4. The predicted octanol–water partition coefficient (Wildman–Crippen LogP) is 3.36. The zero-order valence-corrected chi connectivity index (χ0v) is 19.2. The van der Waals surface area contributed by atoms with Gasteiger partial charge in [0.2, 0.25) is 5.91 Å². The van der Waals surface area contributed by atoms with E-state index in [1.807, 2.05) is 6.92 Å². The number of thiazole rings is 1. The van der Waals surface area contributed by atoms with Crippen LogP contribution >= 0.6 is 11.3 Å². The Balaban J connectivity index is 1.81. The van der Waals surface area contributed by atoms with E-state index in [9.17, 15) is 19.2 Å². The van der Waals surface area contributed by atoms with E-state index in [0.29, 0.717) is 40.4 Å². The van der Waals surface area contributed by atoms with Crippen LogP contribution in [0.15, 0.2) is 18.2 Å². The summed E-state index contributed by atoms with van der Waals surface area (Å²) in [6.07, 6.45) is 0.316. The normalized spacial score (nSPS) is 15.1. The summed E-state index contributed by atoms with van der Waals surface area (Å²) in [4.78, 5) is 55.6. The molecule has 1 aliphatic rings. The largest absolute Gasteiger partial charge is 0.479 e. The Kier molecular flexibility index (Phi) is 7.24. The lowest BCUT2D eigenvalue weighted by Crippen LogP contribution is -2.47. The Morgan fingerprint density at radius 1 is 1.28 bits per heavy atom. The van der Waals surface area contributed by atoms with Crippen LogP contribution in [-0.4, -0.2) is 47.8 Å². The van der Waals surface area contributed by atoms with Gasteiger partial charge in [-0.2, -0.15) is 0 Å². The van der Waals surface area contributed by atoms with Gasteiger partial charge in [-0.1, -0.05) is 18.3 Å². The number of benzene rings is 1. The number of hydrogen-bond donors (Lipinski definition) is 1. The molecule has 10 heteroatoms. The molecule has 1 aliphatic heterocycles. The Hall–Kier alpha value is -3.27. The summed E-state index contributed by atoms with van der Waals surface area (Å²) in [7, 11) is 0. The number of rotatable bonds is 8. The van der Waals surface area contributed by atoms with Crippen LogP contribution in [-0.2, 0) is 14.3 Å². The SMILES string of the molecule is CCCC(=O)c1ccc2c(c1)N(CC(=O)Nc1nc(C)c(C(=O)OCC)s1)C(=O)C(C)O2. The molecule has 1 aromatic carbocycles. The molecule has 1 N–H and O–H groups in total. The maximum Gasteiger partial charge on any atom is 0.350 e. The predicted molar refractivity (Wildman–Crippen MR) is 120 cm³/mol. The van der Waals surface area contributed by atoms with Gasteiger partial charge in [0, 0.05) is 12.0 Å². The number of ketones is 1. The molecule has 0 aliphatic carbocycles. The summed E-state index contributed by atoms with van der Waals surface area (Å²) in [6, 6.07) is 4.88. The number of aromatic nitrogens is 1. The Morgan fingerprint density at radius 3 is 2.72 bits per heavy atom. The fourth-order valence-electron chi connectivity index (χ4n) is 3.25.